The summed E-state index contributed by atoms with van der Waals surface area (Å²) in [7, 11) is 1.59. The van der Waals surface area contributed by atoms with Crippen molar-refractivity contribution in [3.63, 3.8) is 0 Å². The van der Waals surface area contributed by atoms with Crippen molar-refractivity contribution < 1.29 is 14.6 Å². The number of hydrogen-bond donors (Lipinski definition) is 2. The van der Waals surface area contributed by atoms with Gasteiger partial charge in [-0.15, -0.1) is 0 Å². The van der Waals surface area contributed by atoms with Crippen LogP contribution in [0.25, 0.3) is 0 Å². The molecule has 1 aromatic rings. The van der Waals surface area contributed by atoms with E-state index in [9.17, 15) is 4.79 Å². The van der Waals surface area contributed by atoms with Crippen LogP contribution in [0.3, 0.4) is 0 Å². The quantitative estimate of drug-likeness (QED) is 0.839. The third-order valence-electron chi connectivity index (χ3n) is 3.59. The highest BCUT2D eigenvalue weighted by molar-refractivity contribution is 5.94. The average molecular weight is 278 g/mol. The molecular weight excluding hydrogens is 256 g/mol. The number of amides is 1. The number of benzene rings is 1. The van der Waals surface area contributed by atoms with Crippen LogP contribution in [0.5, 0.6) is 5.75 Å². The van der Waals surface area contributed by atoms with Gasteiger partial charge in [0.15, 0.2) is 0 Å². The standard InChI is InChI=1S/C15H22N2O3/c1-20-14-6-2-4-12(10-14)15(19)16-13-5-3-7-17(11-13)8-9-18/h2,4,6,10,13,18H,3,5,7-9,11H2,1H3,(H,16,19). The second-order valence-electron chi connectivity index (χ2n) is 5.07. The lowest BCUT2D eigenvalue weighted by atomic mass is 10.0. The van der Waals surface area contributed by atoms with E-state index in [1.165, 1.54) is 0 Å². The van der Waals surface area contributed by atoms with E-state index < -0.39 is 0 Å². The number of β-amino-alcohol motifs (C(OH)–C–C–N with tert-alkyl or cyclic N) is 1. The third kappa shape index (κ3) is 3.95. The van der Waals surface area contributed by atoms with E-state index >= 15 is 0 Å². The molecule has 0 saturated carbocycles. The Morgan fingerprint density at radius 3 is 3.15 bits per heavy atom. The fraction of sp³-hybridized carbons (Fsp3) is 0.533. The van der Waals surface area contributed by atoms with Crippen LogP contribution in [0, 0.1) is 0 Å². The van der Waals surface area contributed by atoms with E-state index in [0.29, 0.717) is 17.9 Å². The van der Waals surface area contributed by atoms with Crippen LogP contribution in [-0.2, 0) is 0 Å². The summed E-state index contributed by atoms with van der Waals surface area (Å²) >= 11 is 0. The first-order valence-electron chi connectivity index (χ1n) is 7.01. The number of ether oxygens (including phenoxy) is 1. The molecule has 1 saturated heterocycles. The summed E-state index contributed by atoms with van der Waals surface area (Å²) in [6.07, 6.45) is 2.03. The van der Waals surface area contributed by atoms with Crippen LogP contribution in [0.2, 0.25) is 0 Å². The minimum absolute atomic E-state index is 0.0697. The molecule has 5 nitrogen and oxygen atoms in total. The highest BCUT2D eigenvalue weighted by Gasteiger charge is 2.21. The zero-order valence-corrected chi connectivity index (χ0v) is 11.8. The van der Waals surface area contributed by atoms with E-state index in [1.54, 1.807) is 19.2 Å². The van der Waals surface area contributed by atoms with Crippen LogP contribution in [0.4, 0.5) is 0 Å². The van der Waals surface area contributed by atoms with Gasteiger partial charge in [0.2, 0.25) is 0 Å². The van der Waals surface area contributed by atoms with E-state index in [4.69, 9.17) is 9.84 Å². The highest BCUT2D eigenvalue weighted by atomic mass is 16.5. The van der Waals surface area contributed by atoms with Gasteiger partial charge in [-0.2, -0.15) is 0 Å². The smallest absolute Gasteiger partial charge is 0.251 e. The molecule has 5 heteroatoms. The lowest BCUT2D eigenvalue weighted by Crippen LogP contribution is -2.48. The molecule has 1 atom stereocenters. The van der Waals surface area contributed by atoms with Gasteiger partial charge >= 0.3 is 0 Å². The molecule has 1 fully saturated rings. The second kappa shape index (κ2) is 7.26. The van der Waals surface area contributed by atoms with Gasteiger partial charge in [0, 0.05) is 24.7 Å². The lowest BCUT2D eigenvalue weighted by Gasteiger charge is -2.32. The Morgan fingerprint density at radius 1 is 1.55 bits per heavy atom. The maximum absolute atomic E-state index is 12.2. The Kier molecular flexibility index (Phi) is 5.38. The maximum atomic E-state index is 12.2. The first-order chi connectivity index (χ1) is 9.72. The Morgan fingerprint density at radius 2 is 2.40 bits per heavy atom. The van der Waals surface area contributed by atoms with E-state index in [1.807, 2.05) is 12.1 Å². The summed E-state index contributed by atoms with van der Waals surface area (Å²) in [5.74, 6) is 0.614. The molecule has 20 heavy (non-hydrogen) atoms. The largest absolute Gasteiger partial charge is 0.497 e. The summed E-state index contributed by atoms with van der Waals surface area (Å²) < 4.78 is 5.13. The third-order valence-corrected chi connectivity index (χ3v) is 3.59. The minimum Gasteiger partial charge on any atom is -0.497 e. The Balaban J connectivity index is 1.93. The van der Waals surface area contributed by atoms with E-state index in [0.717, 1.165) is 25.9 Å². The van der Waals surface area contributed by atoms with Crippen molar-refractivity contribution in [1.82, 2.24) is 10.2 Å². The predicted octanol–water partition coefficient (Wildman–Crippen LogP) is 0.882. The highest BCUT2D eigenvalue weighted by Crippen LogP contribution is 2.14. The van der Waals surface area contributed by atoms with Gasteiger partial charge in [-0.25, -0.2) is 0 Å². The Labute approximate surface area is 119 Å². The zero-order valence-electron chi connectivity index (χ0n) is 11.8. The number of nitrogens with one attached hydrogen (secondary N) is 1. The van der Waals surface area contributed by atoms with Crippen LogP contribution in [-0.4, -0.2) is 55.3 Å². The number of carbonyl (C=O) groups excluding carboxylic acids is 1. The van der Waals surface area contributed by atoms with Crippen molar-refractivity contribution in [3.05, 3.63) is 29.8 Å². The predicted molar refractivity (Wildman–Crippen MR) is 77.0 cm³/mol. The lowest BCUT2D eigenvalue weighted by molar-refractivity contribution is 0.0893. The summed E-state index contributed by atoms with van der Waals surface area (Å²) in [5.41, 5.74) is 0.614. The first kappa shape index (κ1) is 14.8. The number of nitrogens with zero attached hydrogens (tertiary/aromatic N) is 1. The summed E-state index contributed by atoms with van der Waals surface area (Å²) in [6.45, 7) is 2.63. The molecule has 0 aromatic heterocycles. The fourth-order valence-electron chi connectivity index (χ4n) is 2.55. The van der Waals surface area contributed by atoms with Gasteiger partial charge in [-0.3, -0.25) is 9.69 Å². The second-order valence-corrected chi connectivity index (χ2v) is 5.07. The molecule has 0 aliphatic carbocycles. The molecule has 0 bridgehead atoms. The van der Waals surface area contributed by atoms with E-state index in [2.05, 4.69) is 10.2 Å². The van der Waals surface area contributed by atoms with Crippen LogP contribution >= 0.6 is 0 Å². The van der Waals surface area contributed by atoms with Crippen LogP contribution in [0.15, 0.2) is 24.3 Å². The van der Waals surface area contributed by atoms with Gasteiger partial charge in [0.1, 0.15) is 5.75 Å². The minimum atomic E-state index is -0.0697. The maximum Gasteiger partial charge on any atom is 0.251 e. The molecule has 1 aliphatic heterocycles. The first-order valence-corrected chi connectivity index (χ1v) is 7.01. The monoisotopic (exact) mass is 278 g/mol. The van der Waals surface area contributed by atoms with Crippen molar-refractivity contribution in [2.24, 2.45) is 0 Å². The number of hydrogen-bond acceptors (Lipinski definition) is 4. The summed E-state index contributed by atoms with van der Waals surface area (Å²) in [5, 5.41) is 12.0. The number of aliphatic hydroxyl groups is 1. The molecule has 1 unspecified atom stereocenters. The number of carbonyl (C=O) groups is 1. The SMILES string of the molecule is COc1cccc(C(=O)NC2CCCN(CCO)C2)c1. The van der Waals surface area contributed by atoms with Crippen molar-refractivity contribution >= 4 is 5.91 Å². The van der Waals surface area contributed by atoms with Gasteiger partial charge < -0.3 is 15.2 Å². The Bertz CT molecular complexity index is 448. The van der Waals surface area contributed by atoms with E-state index in [-0.39, 0.29) is 18.6 Å². The van der Waals surface area contributed by atoms with Crippen molar-refractivity contribution in [3.8, 4) is 5.75 Å². The van der Waals surface area contributed by atoms with Gasteiger partial charge in [0.25, 0.3) is 5.91 Å². The van der Waals surface area contributed by atoms with Crippen LogP contribution < -0.4 is 10.1 Å². The van der Waals surface area contributed by atoms with Gasteiger partial charge in [0.05, 0.1) is 13.7 Å². The van der Waals surface area contributed by atoms with Crippen molar-refractivity contribution in [2.75, 3.05) is 33.4 Å². The molecule has 0 spiro atoms. The van der Waals surface area contributed by atoms with Crippen LogP contribution in [0.1, 0.15) is 23.2 Å². The summed E-state index contributed by atoms with van der Waals surface area (Å²) in [4.78, 5) is 14.4. The molecule has 0 radical (unpaired) electrons. The molecule has 1 amide bonds. The van der Waals surface area contributed by atoms with Crippen molar-refractivity contribution in [2.45, 2.75) is 18.9 Å². The topological polar surface area (TPSA) is 61.8 Å². The normalized spacial score (nSPS) is 19.6. The van der Waals surface area contributed by atoms with Crippen molar-refractivity contribution in [1.29, 1.82) is 0 Å². The number of methoxy groups -OCH3 is 1. The molecule has 1 heterocycles. The van der Waals surface area contributed by atoms with Gasteiger partial charge in [-0.05, 0) is 37.6 Å². The molecule has 1 aliphatic rings. The number of likely N-dealkylation sites (tertiary alicyclic amines) is 1. The molecule has 2 rings (SSSR count). The fourth-order valence-corrected chi connectivity index (χ4v) is 2.55. The number of aliphatic hydroxyl groups excluding tert-OH is 1. The summed E-state index contributed by atoms with van der Waals surface area (Å²) in [6, 6.07) is 7.30. The molecule has 1 aromatic carbocycles. The Hall–Kier alpha value is -1.59. The zero-order chi connectivity index (χ0) is 14.4. The molecule has 2 N–H and O–H groups in total. The number of rotatable bonds is 5. The van der Waals surface area contributed by atoms with Gasteiger partial charge in [-0.1, -0.05) is 6.07 Å². The average Bonchev–Trinajstić information content (AvgIpc) is 2.48. The number of piperidine rings is 1. The molecule has 110 valence electrons. The molecular formula is C15H22N2O3.